The molecule has 0 aliphatic carbocycles. The third kappa shape index (κ3) is 2.31. The SMILES string of the molecule is CC(c1cc(Br)cs1)N1CCCC1C(=O)O. The van der Waals surface area contributed by atoms with Gasteiger partial charge in [0.05, 0.1) is 0 Å². The van der Waals surface area contributed by atoms with Crippen LogP contribution in [0.15, 0.2) is 15.9 Å². The van der Waals surface area contributed by atoms with E-state index in [1.807, 2.05) is 5.38 Å². The first-order valence-electron chi connectivity index (χ1n) is 5.32. The van der Waals surface area contributed by atoms with Gasteiger partial charge in [-0.2, -0.15) is 0 Å². The normalized spacial score (nSPS) is 23.5. The highest BCUT2D eigenvalue weighted by Crippen LogP contribution is 2.33. The van der Waals surface area contributed by atoms with Crippen molar-refractivity contribution in [2.45, 2.75) is 31.8 Å². The molecule has 16 heavy (non-hydrogen) atoms. The smallest absolute Gasteiger partial charge is 0.320 e. The number of thiophene rings is 1. The Kier molecular flexibility index (Phi) is 3.66. The van der Waals surface area contributed by atoms with Crippen molar-refractivity contribution in [2.75, 3.05) is 6.54 Å². The Morgan fingerprint density at radius 2 is 2.50 bits per heavy atom. The summed E-state index contributed by atoms with van der Waals surface area (Å²) in [5.74, 6) is -0.694. The van der Waals surface area contributed by atoms with E-state index < -0.39 is 5.97 Å². The number of rotatable bonds is 3. The van der Waals surface area contributed by atoms with Crippen LogP contribution in [0.25, 0.3) is 0 Å². The number of hydrogen-bond acceptors (Lipinski definition) is 3. The molecule has 1 N–H and O–H groups in total. The summed E-state index contributed by atoms with van der Waals surface area (Å²) in [6.07, 6.45) is 1.75. The zero-order chi connectivity index (χ0) is 11.7. The van der Waals surface area contributed by atoms with Gasteiger partial charge < -0.3 is 5.11 Å². The molecule has 0 aromatic carbocycles. The molecule has 1 fully saturated rings. The summed E-state index contributed by atoms with van der Waals surface area (Å²) in [6.45, 7) is 2.97. The van der Waals surface area contributed by atoms with E-state index in [1.165, 1.54) is 4.88 Å². The number of halogens is 1. The standard InChI is InChI=1S/C11H14BrNO2S/c1-7(10-5-8(12)6-16-10)13-4-2-3-9(13)11(14)15/h5-7,9H,2-4H2,1H3,(H,14,15). The first-order valence-corrected chi connectivity index (χ1v) is 6.99. The Morgan fingerprint density at radius 1 is 1.75 bits per heavy atom. The molecule has 1 saturated heterocycles. The molecular formula is C11H14BrNO2S. The van der Waals surface area contributed by atoms with Crippen LogP contribution in [0.4, 0.5) is 0 Å². The van der Waals surface area contributed by atoms with Crippen LogP contribution >= 0.6 is 27.3 Å². The number of carboxylic acids is 1. The van der Waals surface area contributed by atoms with Crippen molar-refractivity contribution in [1.82, 2.24) is 4.90 Å². The zero-order valence-corrected chi connectivity index (χ0v) is 11.4. The molecule has 0 saturated carbocycles. The van der Waals surface area contributed by atoms with Crippen LogP contribution in [-0.4, -0.2) is 28.6 Å². The van der Waals surface area contributed by atoms with E-state index in [1.54, 1.807) is 11.3 Å². The molecule has 1 aromatic rings. The monoisotopic (exact) mass is 303 g/mol. The lowest BCUT2D eigenvalue weighted by molar-refractivity contribution is -0.142. The summed E-state index contributed by atoms with van der Waals surface area (Å²) in [7, 11) is 0. The summed E-state index contributed by atoms with van der Waals surface area (Å²) < 4.78 is 1.07. The summed E-state index contributed by atoms with van der Waals surface area (Å²) >= 11 is 5.11. The highest BCUT2D eigenvalue weighted by atomic mass is 79.9. The number of hydrogen-bond donors (Lipinski definition) is 1. The van der Waals surface area contributed by atoms with E-state index in [4.69, 9.17) is 5.11 Å². The molecule has 3 nitrogen and oxygen atoms in total. The molecule has 0 amide bonds. The molecule has 0 bridgehead atoms. The van der Waals surface area contributed by atoms with E-state index in [0.29, 0.717) is 0 Å². The quantitative estimate of drug-likeness (QED) is 0.932. The summed E-state index contributed by atoms with van der Waals surface area (Å²) in [5.41, 5.74) is 0. The van der Waals surface area contributed by atoms with Gasteiger partial charge in [-0.05, 0) is 48.3 Å². The van der Waals surface area contributed by atoms with Gasteiger partial charge in [-0.15, -0.1) is 11.3 Å². The van der Waals surface area contributed by atoms with Crippen LogP contribution in [0.1, 0.15) is 30.7 Å². The topological polar surface area (TPSA) is 40.5 Å². The maximum Gasteiger partial charge on any atom is 0.320 e. The predicted octanol–water partition coefficient (Wildman–Crippen LogP) is 3.12. The molecular weight excluding hydrogens is 290 g/mol. The molecule has 0 spiro atoms. The van der Waals surface area contributed by atoms with E-state index in [9.17, 15) is 4.79 Å². The summed E-state index contributed by atoms with van der Waals surface area (Å²) in [5, 5.41) is 11.2. The van der Waals surface area contributed by atoms with Crippen molar-refractivity contribution < 1.29 is 9.90 Å². The fourth-order valence-corrected chi connectivity index (χ4v) is 3.75. The first-order chi connectivity index (χ1) is 7.59. The van der Waals surface area contributed by atoms with Gasteiger partial charge in [0, 0.05) is 20.8 Å². The first kappa shape index (κ1) is 12.1. The van der Waals surface area contributed by atoms with Gasteiger partial charge in [-0.1, -0.05) is 0 Å². The molecule has 2 atom stereocenters. The van der Waals surface area contributed by atoms with E-state index in [0.717, 1.165) is 23.9 Å². The minimum Gasteiger partial charge on any atom is -0.480 e. The Morgan fingerprint density at radius 3 is 3.06 bits per heavy atom. The number of carboxylic acid groups (broad SMARTS) is 1. The Labute approximate surface area is 107 Å². The molecule has 5 heteroatoms. The lowest BCUT2D eigenvalue weighted by Crippen LogP contribution is -2.37. The van der Waals surface area contributed by atoms with Crippen molar-refractivity contribution in [1.29, 1.82) is 0 Å². The molecule has 2 unspecified atom stereocenters. The van der Waals surface area contributed by atoms with E-state index in [2.05, 4.69) is 33.8 Å². The van der Waals surface area contributed by atoms with E-state index in [-0.39, 0.29) is 12.1 Å². The van der Waals surface area contributed by atoms with Crippen molar-refractivity contribution in [2.24, 2.45) is 0 Å². The predicted molar refractivity (Wildman–Crippen MR) is 67.8 cm³/mol. The minimum atomic E-state index is -0.694. The average Bonchev–Trinajstić information content (AvgIpc) is 2.84. The van der Waals surface area contributed by atoms with Gasteiger partial charge >= 0.3 is 5.97 Å². The second-order valence-corrected chi connectivity index (χ2v) is 5.94. The van der Waals surface area contributed by atoms with E-state index >= 15 is 0 Å². The van der Waals surface area contributed by atoms with Gasteiger partial charge in [0.1, 0.15) is 6.04 Å². The van der Waals surface area contributed by atoms with Crippen molar-refractivity contribution in [3.63, 3.8) is 0 Å². The number of nitrogens with zero attached hydrogens (tertiary/aromatic N) is 1. The Balaban J connectivity index is 2.15. The molecule has 88 valence electrons. The largest absolute Gasteiger partial charge is 0.480 e. The summed E-state index contributed by atoms with van der Waals surface area (Å²) in [4.78, 5) is 14.4. The van der Waals surface area contributed by atoms with Gasteiger partial charge in [-0.25, -0.2) is 0 Å². The fraction of sp³-hybridized carbons (Fsp3) is 0.545. The molecule has 0 radical (unpaired) electrons. The van der Waals surface area contributed by atoms with Gasteiger partial charge in [0.15, 0.2) is 0 Å². The lowest BCUT2D eigenvalue weighted by atomic mass is 10.2. The summed E-state index contributed by atoms with van der Waals surface area (Å²) in [6, 6.07) is 1.96. The van der Waals surface area contributed by atoms with Crippen LogP contribution in [0.5, 0.6) is 0 Å². The van der Waals surface area contributed by atoms with Gasteiger partial charge in [0.25, 0.3) is 0 Å². The van der Waals surface area contributed by atoms with Crippen LogP contribution < -0.4 is 0 Å². The number of aliphatic carboxylic acids is 1. The van der Waals surface area contributed by atoms with Crippen molar-refractivity contribution >= 4 is 33.2 Å². The third-order valence-electron chi connectivity index (χ3n) is 3.08. The highest BCUT2D eigenvalue weighted by Gasteiger charge is 2.34. The second-order valence-electron chi connectivity index (χ2n) is 4.08. The van der Waals surface area contributed by atoms with Crippen molar-refractivity contribution in [3.05, 3.63) is 20.8 Å². The Bertz CT molecular complexity index is 393. The molecule has 1 aromatic heterocycles. The molecule has 1 aliphatic heterocycles. The van der Waals surface area contributed by atoms with Gasteiger partial charge in [0.2, 0.25) is 0 Å². The third-order valence-corrected chi connectivity index (χ3v) is 4.94. The van der Waals surface area contributed by atoms with Crippen LogP contribution in [-0.2, 0) is 4.79 Å². The lowest BCUT2D eigenvalue weighted by Gasteiger charge is -2.27. The number of carbonyl (C=O) groups is 1. The van der Waals surface area contributed by atoms with Gasteiger partial charge in [-0.3, -0.25) is 9.69 Å². The molecule has 2 rings (SSSR count). The minimum absolute atomic E-state index is 0.194. The maximum atomic E-state index is 11.1. The van der Waals surface area contributed by atoms with Crippen LogP contribution in [0.2, 0.25) is 0 Å². The van der Waals surface area contributed by atoms with Crippen LogP contribution in [0, 0.1) is 0 Å². The Hall–Kier alpha value is -0.390. The zero-order valence-electron chi connectivity index (χ0n) is 9.02. The highest BCUT2D eigenvalue weighted by molar-refractivity contribution is 9.10. The molecule has 2 heterocycles. The van der Waals surface area contributed by atoms with Crippen molar-refractivity contribution in [3.8, 4) is 0 Å². The molecule has 1 aliphatic rings. The fourth-order valence-electron chi connectivity index (χ4n) is 2.23. The van der Waals surface area contributed by atoms with Crippen LogP contribution in [0.3, 0.4) is 0 Å². The number of likely N-dealkylation sites (tertiary alicyclic amines) is 1. The average molecular weight is 304 g/mol. The second kappa shape index (κ2) is 4.85. The maximum absolute atomic E-state index is 11.1.